The number of ether oxygens (including phenoxy) is 1. The first-order valence-electron chi connectivity index (χ1n) is 4.95. The van der Waals surface area contributed by atoms with E-state index in [1.54, 1.807) is 14.0 Å². The van der Waals surface area contributed by atoms with E-state index in [4.69, 9.17) is 9.84 Å². The Hall–Kier alpha value is -1.69. The standard InChI is InChI=1S/C10H15N3O3/c1-7-12-6-8(10(14)15)9(13-7)11-4-3-5-16-2/h6H,3-5H2,1-2H3,(H,14,15)(H,11,12,13). The number of aryl methyl sites for hydroxylation is 1. The minimum Gasteiger partial charge on any atom is -0.477 e. The Morgan fingerprint density at radius 2 is 2.38 bits per heavy atom. The molecule has 0 aliphatic heterocycles. The molecule has 1 aromatic rings. The number of aromatic nitrogens is 2. The van der Waals surface area contributed by atoms with Gasteiger partial charge in [-0.1, -0.05) is 0 Å². The van der Waals surface area contributed by atoms with Crippen LogP contribution in [0.5, 0.6) is 0 Å². The van der Waals surface area contributed by atoms with Crippen LogP contribution in [0.4, 0.5) is 5.82 Å². The number of hydrogen-bond acceptors (Lipinski definition) is 5. The van der Waals surface area contributed by atoms with Gasteiger partial charge in [0.1, 0.15) is 17.2 Å². The third kappa shape index (κ3) is 3.47. The highest BCUT2D eigenvalue weighted by Crippen LogP contribution is 2.11. The summed E-state index contributed by atoms with van der Waals surface area (Å²) in [5.41, 5.74) is 0.0861. The lowest BCUT2D eigenvalue weighted by atomic mass is 10.3. The molecule has 0 aliphatic carbocycles. The second kappa shape index (κ2) is 6.02. The first-order chi connectivity index (χ1) is 7.65. The molecule has 0 saturated carbocycles. The number of aromatic carboxylic acids is 1. The Bertz CT molecular complexity index is 368. The van der Waals surface area contributed by atoms with Gasteiger partial charge < -0.3 is 15.2 Å². The SMILES string of the molecule is COCCCNc1nc(C)ncc1C(=O)O. The van der Waals surface area contributed by atoms with E-state index in [0.29, 0.717) is 24.8 Å². The normalized spacial score (nSPS) is 10.1. The summed E-state index contributed by atoms with van der Waals surface area (Å²) in [4.78, 5) is 18.8. The zero-order valence-electron chi connectivity index (χ0n) is 9.36. The number of nitrogens with one attached hydrogen (secondary N) is 1. The van der Waals surface area contributed by atoms with E-state index in [1.165, 1.54) is 6.20 Å². The van der Waals surface area contributed by atoms with Crippen LogP contribution in [0.3, 0.4) is 0 Å². The zero-order valence-corrected chi connectivity index (χ0v) is 9.36. The van der Waals surface area contributed by atoms with Crippen molar-refractivity contribution in [2.45, 2.75) is 13.3 Å². The molecule has 0 radical (unpaired) electrons. The average molecular weight is 225 g/mol. The first-order valence-corrected chi connectivity index (χ1v) is 4.95. The number of carboxylic acid groups (broad SMARTS) is 1. The largest absolute Gasteiger partial charge is 0.477 e. The molecular formula is C10H15N3O3. The molecule has 16 heavy (non-hydrogen) atoms. The topological polar surface area (TPSA) is 84.3 Å². The quantitative estimate of drug-likeness (QED) is 0.701. The predicted molar refractivity (Wildman–Crippen MR) is 58.7 cm³/mol. The molecule has 0 unspecified atom stereocenters. The van der Waals surface area contributed by atoms with Crippen LogP contribution in [-0.4, -0.2) is 41.3 Å². The molecule has 0 aliphatic rings. The molecule has 0 amide bonds. The van der Waals surface area contributed by atoms with Crippen LogP contribution in [0, 0.1) is 6.92 Å². The summed E-state index contributed by atoms with van der Waals surface area (Å²) in [5.74, 6) is -0.135. The maximum Gasteiger partial charge on any atom is 0.341 e. The Kier molecular flexibility index (Phi) is 4.65. The van der Waals surface area contributed by atoms with Crippen molar-refractivity contribution in [1.29, 1.82) is 0 Å². The van der Waals surface area contributed by atoms with E-state index in [9.17, 15) is 4.79 Å². The lowest BCUT2D eigenvalue weighted by Gasteiger charge is -2.08. The van der Waals surface area contributed by atoms with Gasteiger partial charge in [0.2, 0.25) is 0 Å². The van der Waals surface area contributed by atoms with E-state index in [0.717, 1.165) is 6.42 Å². The van der Waals surface area contributed by atoms with E-state index >= 15 is 0 Å². The number of nitrogens with zero attached hydrogens (tertiary/aromatic N) is 2. The fourth-order valence-corrected chi connectivity index (χ4v) is 1.18. The van der Waals surface area contributed by atoms with E-state index in [2.05, 4.69) is 15.3 Å². The fraction of sp³-hybridized carbons (Fsp3) is 0.500. The van der Waals surface area contributed by atoms with Gasteiger partial charge in [-0.3, -0.25) is 0 Å². The predicted octanol–water partition coefficient (Wildman–Crippen LogP) is 0.932. The van der Waals surface area contributed by atoms with E-state index in [1.807, 2.05) is 0 Å². The van der Waals surface area contributed by atoms with Crippen LogP contribution >= 0.6 is 0 Å². The van der Waals surface area contributed by atoms with E-state index in [-0.39, 0.29) is 5.56 Å². The van der Waals surface area contributed by atoms with Crippen molar-refractivity contribution in [3.8, 4) is 0 Å². The molecule has 2 N–H and O–H groups in total. The van der Waals surface area contributed by atoms with Gasteiger partial charge in [-0.15, -0.1) is 0 Å². The third-order valence-electron chi connectivity index (χ3n) is 1.96. The molecule has 0 saturated heterocycles. The molecule has 1 rings (SSSR count). The Morgan fingerprint density at radius 3 is 3.00 bits per heavy atom. The van der Waals surface area contributed by atoms with E-state index < -0.39 is 5.97 Å². The van der Waals surface area contributed by atoms with Crippen molar-refractivity contribution in [3.05, 3.63) is 17.6 Å². The second-order valence-corrected chi connectivity index (χ2v) is 3.26. The highest BCUT2D eigenvalue weighted by atomic mass is 16.5. The van der Waals surface area contributed by atoms with Crippen LogP contribution in [0.2, 0.25) is 0 Å². The maximum absolute atomic E-state index is 10.9. The van der Waals surface area contributed by atoms with Crippen molar-refractivity contribution in [1.82, 2.24) is 9.97 Å². The maximum atomic E-state index is 10.9. The fourth-order valence-electron chi connectivity index (χ4n) is 1.18. The van der Waals surface area contributed by atoms with Crippen molar-refractivity contribution >= 4 is 11.8 Å². The van der Waals surface area contributed by atoms with Crippen molar-refractivity contribution in [2.24, 2.45) is 0 Å². The molecular weight excluding hydrogens is 210 g/mol. The summed E-state index contributed by atoms with van der Waals surface area (Å²) in [5, 5.41) is 11.9. The molecule has 0 aromatic carbocycles. The first kappa shape index (κ1) is 12.4. The summed E-state index contributed by atoms with van der Waals surface area (Å²) in [6.45, 7) is 2.95. The van der Waals surface area contributed by atoms with Gasteiger partial charge in [0.25, 0.3) is 0 Å². The van der Waals surface area contributed by atoms with Gasteiger partial charge in [-0.2, -0.15) is 0 Å². The van der Waals surface area contributed by atoms with Crippen LogP contribution in [0.15, 0.2) is 6.20 Å². The highest BCUT2D eigenvalue weighted by molar-refractivity contribution is 5.92. The number of carboxylic acids is 1. The van der Waals surface area contributed by atoms with Crippen LogP contribution in [0.1, 0.15) is 22.6 Å². The van der Waals surface area contributed by atoms with Crippen LogP contribution < -0.4 is 5.32 Å². The third-order valence-corrected chi connectivity index (χ3v) is 1.96. The summed E-state index contributed by atoms with van der Waals surface area (Å²) in [7, 11) is 1.62. The molecule has 1 aromatic heterocycles. The van der Waals surface area contributed by atoms with Crippen molar-refractivity contribution in [2.75, 3.05) is 25.6 Å². The van der Waals surface area contributed by atoms with Crippen LogP contribution in [0.25, 0.3) is 0 Å². The van der Waals surface area contributed by atoms with Gasteiger partial charge >= 0.3 is 5.97 Å². The summed E-state index contributed by atoms with van der Waals surface area (Å²) >= 11 is 0. The number of rotatable bonds is 6. The lowest BCUT2D eigenvalue weighted by molar-refractivity contribution is 0.0697. The summed E-state index contributed by atoms with van der Waals surface area (Å²) in [6.07, 6.45) is 2.10. The number of hydrogen-bond donors (Lipinski definition) is 2. The minimum absolute atomic E-state index is 0.0861. The molecule has 88 valence electrons. The number of anilines is 1. The number of carbonyl (C=O) groups is 1. The minimum atomic E-state index is -1.03. The van der Waals surface area contributed by atoms with Gasteiger partial charge in [-0.05, 0) is 13.3 Å². The molecule has 0 bridgehead atoms. The second-order valence-electron chi connectivity index (χ2n) is 3.26. The molecule has 0 spiro atoms. The Labute approximate surface area is 93.7 Å². The lowest BCUT2D eigenvalue weighted by Crippen LogP contribution is -2.12. The molecule has 0 fully saturated rings. The molecule has 1 heterocycles. The molecule has 6 heteroatoms. The molecule has 6 nitrogen and oxygen atoms in total. The monoisotopic (exact) mass is 225 g/mol. The Morgan fingerprint density at radius 1 is 1.62 bits per heavy atom. The van der Waals surface area contributed by atoms with Crippen molar-refractivity contribution in [3.63, 3.8) is 0 Å². The highest BCUT2D eigenvalue weighted by Gasteiger charge is 2.11. The zero-order chi connectivity index (χ0) is 12.0. The summed E-state index contributed by atoms with van der Waals surface area (Å²) in [6, 6.07) is 0. The van der Waals surface area contributed by atoms with Gasteiger partial charge in [0.05, 0.1) is 0 Å². The van der Waals surface area contributed by atoms with Gasteiger partial charge in [0.15, 0.2) is 0 Å². The molecule has 0 atom stereocenters. The average Bonchev–Trinajstić information content (AvgIpc) is 2.24. The Balaban J connectivity index is 2.68. The van der Waals surface area contributed by atoms with Crippen molar-refractivity contribution < 1.29 is 14.6 Å². The number of methoxy groups -OCH3 is 1. The van der Waals surface area contributed by atoms with Gasteiger partial charge in [0, 0.05) is 26.5 Å². The summed E-state index contributed by atoms with van der Waals surface area (Å²) < 4.78 is 4.89. The van der Waals surface area contributed by atoms with Gasteiger partial charge in [-0.25, -0.2) is 14.8 Å². The van der Waals surface area contributed by atoms with Crippen LogP contribution in [-0.2, 0) is 4.74 Å². The smallest absolute Gasteiger partial charge is 0.341 e.